The normalized spacial score (nSPS) is 11.1. The lowest BCUT2D eigenvalue weighted by Gasteiger charge is -2.17. The second-order valence-electron chi connectivity index (χ2n) is 5.14. The number of hydrogen-bond donors (Lipinski definition) is 1. The standard InChI is InChI=1S/C16H23N5O2/c1-4-20(5-2)11-10-18-15(22)13-16(23)21(6-3)14-12(19-13)8-7-9-17-14/h7-9H,4-6,10-11H2,1-3H3,(H,18,22). The highest BCUT2D eigenvalue weighted by atomic mass is 16.2. The Labute approximate surface area is 135 Å². The van der Waals surface area contributed by atoms with Gasteiger partial charge in [-0.3, -0.25) is 14.2 Å². The average Bonchev–Trinajstić information content (AvgIpc) is 2.58. The molecule has 2 aromatic heterocycles. The highest BCUT2D eigenvalue weighted by Crippen LogP contribution is 2.06. The van der Waals surface area contributed by atoms with E-state index in [9.17, 15) is 9.59 Å². The molecule has 0 bridgehead atoms. The van der Waals surface area contributed by atoms with Crippen LogP contribution in [0.15, 0.2) is 23.1 Å². The molecule has 7 nitrogen and oxygen atoms in total. The van der Waals surface area contributed by atoms with Gasteiger partial charge in [-0.05, 0) is 32.1 Å². The molecule has 23 heavy (non-hydrogen) atoms. The van der Waals surface area contributed by atoms with E-state index >= 15 is 0 Å². The maximum atomic E-state index is 12.5. The van der Waals surface area contributed by atoms with Gasteiger partial charge >= 0.3 is 0 Å². The van der Waals surface area contributed by atoms with E-state index in [1.54, 1.807) is 18.3 Å². The van der Waals surface area contributed by atoms with E-state index in [-0.39, 0.29) is 5.69 Å². The molecule has 2 rings (SSSR count). The van der Waals surface area contributed by atoms with Crippen molar-refractivity contribution in [2.45, 2.75) is 27.3 Å². The number of carbonyl (C=O) groups excluding carboxylic acids is 1. The lowest BCUT2D eigenvalue weighted by Crippen LogP contribution is -2.38. The predicted octanol–water partition coefficient (Wildman–Crippen LogP) is 0.883. The van der Waals surface area contributed by atoms with E-state index in [4.69, 9.17) is 0 Å². The summed E-state index contributed by atoms with van der Waals surface area (Å²) in [6.07, 6.45) is 1.61. The molecule has 1 amide bonds. The summed E-state index contributed by atoms with van der Waals surface area (Å²) < 4.78 is 1.47. The molecule has 0 unspecified atom stereocenters. The quantitative estimate of drug-likeness (QED) is 0.820. The Kier molecular flexibility index (Phi) is 5.81. The Morgan fingerprint density at radius 1 is 1.30 bits per heavy atom. The first-order chi connectivity index (χ1) is 11.1. The monoisotopic (exact) mass is 317 g/mol. The number of rotatable bonds is 7. The van der Waals surface area contributed by atoms with E-state index in [0.717, 1.165) is 19.6 Å². The zero-order valence-corrected chi connectivity index (χ0v) is 13.9. The van der Waals surface area contributed by atoms with Crippen LogP contribution in [0.5, 0.6) is 0 Å². The number of fused-ring (bicyclic) bond motifs is 1. The Morgan fingerprint density at radius 3 is 2.70 bits per heavy atom. The molecular weight excluding hydrogens is 294 g/mol. The van der Waals surface area contributed by atoms with Crippen molar-refractivity contribution in [3.63, 3.8) is 0 Å². The first kappa shape index (κ1) is 17.1. The minimum Gasteiger partial charge on any atom is -0.349 e. The van der Waals surface area contributed by atoms with Gasteiger partial charge in [0, 0.05) is 25.8 Å². The van der Waals surface area contributed by atoms with E-state index < -0.39 is 11.5 Å². The highest BCUT2D eigenvalue weighted by molar-refractivity contribution is 5.93. The molecule has 0 aromatic carbocycles. The number of pyridine rings is 1. The van der Waals surface area contributed by atoms with Crippen molar-refractivity contribution >= 4 is 17.1 Å². The molecule has 124 valence electrons. The average molecular weight is 317 g/mol. The minimum atomic E-state index is -0.435. The molecule has 0 radical (unpaired) electrons. The zero-order valence-electron chi connectivity index (χ0n) is 13.9. The zero-order chi connectivity index (χ0) is 16.8. The highest BCUT2D eigenvalue weighted by Gasteiger charge is 2.17. The lowest BCUT2D eigenvalue weighted by atomic mass is 10.3. The largest absolute Gasteiger partial charge is 0.349 e. The fraction of sp³-hybridized carbons (Fsp3) is 0.500. The molecule has 0 fully saturated rings. The fourth-order valence-electron chi connectivity index (χ4n) is 2.47. The number of nitrogens with one attached hydrogen (secondary N) is 1. The Hall–Kier alpha value is -2.28. The SMILES string of the molecule is CCN(CC)CCNC(=O)c1nc2cccnc2n(CC)c1=O. The molecule has 0 atom stereocenters. The summed E-state index contributed by atoms with van der Waals surface area (Å²) in [6.45, 7) is 9.51. The van der Waals surface area contributed by atoms with Crippen molar-refractivity contribution in [1.29, 1.82) is 0 Å². The second-order valence-corrected chi connectivity index (χ2v) is 5.14. The Balaban J connectivity index is 2.24. The van der Waals surface area contributed by atoms with Gasteiger partial charge in [0.1, 0.15) is 5.52 Å². The minimum absolute atomic E-state index is 0.0769. The third-order valence-electron chi connectivity index (χ3n) is 3.84. The van der Waals surface area contributed by atoms with Crippen molar-refractivity contribution in [3.05, 3.63) is 34.4 Å². The molecule has 0 aliphatic carbocycles. The molecule has 2 aromatic rings. The summed E-state index contributed by atoms with van der Waals surface area (Å²) in [5.41, 5.74) is 0.563. The molecule has 0 aliphatic rings. The van der Waals surface area contributed by atoms with Crippen molar-refractivity contribution in [1.82, 2.24) is 24.8 Å². The maximum absolute atomic E-state index is 12.5. The van der Waals surface area contributed by atoms with E-state index in [0.29, 0.717) is 24.3 Å². The van der Waals surface area contributed by atoms with Gasteiger partial charge in [-0.2, -0.15) is 0 Å². The van der Waals surface area contributed by atoms with Gasteiger partial charge < -0.3 is 10.2 Å². The second kappa shape index (κ2) is 7.82. The number of amides is 1. The summed E-state index contributed by atoms with van der Waals surface area (Å²) >= 11 is 0. The number of aryl methyl sites for hydroxylation is 1. The Bertz CT molecular complexity index is 737. The first-order valence-corrected chi connectivity index (χ1v) is 7.98. The van der Waals surface area contributed by atoms with Gasteiger partial charge in [0.15, 0.2) is 11.3 Å². The molecule has 2 heterocycles. The van der Waals surface area contributed by atoms with Crippen LogP contribution >= 0.6 is 0 Å². The van der Waals surface area contributed by atoms with Crippen molar-refractivity contribution in [2.24, 2.45) is 0 Å². The summed E-state index contributed by atoms with van der Waals surface area (Å²) in [6, 6.07) is 3.49. The van der Waals surface area contributed by atoms with Crippen LogP contribution in [0.4, 0.5) is 0 Å². The van der Waals surface area contributed by atoms with Crippen LogP contribution in [0.2, 0.25) is 0 Å². The van der Waals surface area contributed by atoms with Crippen molar-refractivity contribution < 1.29 is 4.79 Å². The molecule has 1 N–H and O–H groups in total. The van der Waals surface area contributed by atoms with Gasteiger partial charge in [-0.25, -0.2) is 9.97 Å². The van der Waals surface area contributed by atoms with Crippen LogP contribution in [0, 0.1) is 0 Å². The van der Waals surface area contributed by atoms with Crippen LogP contribution in [0.1, 0.15) is 31.3 Å². The predicted molar refractivity (Wildman–Crippen MR) is 89.6 cm³/mol. The number of nitrogens with zero attached hydrogens (tertiary/aromatic N) is 4. The number of carbonyl (C=O) groups is 1. The topological polar surface area (TPSA) is 80.1 Å². The van der Waals surface area contributed by atoms with Gasteiger partial charge in [0.2, 0.25) is 0 Å². The molecule has 0 saturated heterocycles. The Morgan fingerprint density at radius 2 is 2.04 bits per heavy atom. The summed E-state index contributed by atoms with van der Waals surface area (Å²) in [5.74, 6) is -0.435. The molecule has 7 heteroatoms. The van der Waals surface area contributed by atoms with E-state index in [1.165, 1.54) is 4.57 Å². The summed E-state index contributed by atoms with van der Waals surface area (Å²) in [7, 11) is 0. The molecular formula is C16H23N5O2. The van der Waals surface area contributed by atoms with Gasteiger partial charge in [-0.1, -0.05) is 13.8 Å². The van der Waals surface area contributed by atoms with Gasteiger partial charge in [0.05, 0.1) is 0 Å². The van der Waals surface area contributed by atoms with Crippen LogP contribution in [0.3, 0.4) is 0 Å². The van der Waals surface area contributed by atoms with Crippen LogP contribution in [-0.2, 0) is 6.54 Å². The molecule has 0 saturated carbocycles. The van der Waals surface area contributed by atoms with E-state index in [1.807, 2.05) is 6.92 Å². The smallest absolute Gasteiger partial charge is 0.283 e. The molecule has 0 spiro atoms. The van der Waals surface area contributed by atoms with Crippen molar-refractivity contribution in [2.75, 3.05) is 26.2 Å². The maximum Gasteiger partial charge on any atom is 0.283 e. The third kappa shape index (κ3) is 3.73. The third-order valence-corrected chi connectivity index (χ3v) is 3.84. The van der Waals surface area contributed by atoms with Crippen LogP contribution < -0.4 is 10.9 Å². The number of likely N-dealkylation sites (N-methyl/N-ethyl adjacent to an activating group) is 1. The molecule has 0 aliphatic heterocycles. The number of aromatic nitrogens is 3. The number of hydrogen-bond acceptors (Lipinski definition) is 5. The fourth-order valence-corrected chi connectivity index (χ4v) is 2.47. The van der Waals surface area contributed by atoms with Crippen LogP contribution in [0.25, 0.3) is 11.2 Å². The van der Waals surface area contributed by atoms with Gasteiger partial charge in [-0.15, -0.1) is 0 Å². The van der Waals surface area contributed by atoms with Gasteiger partial charge in [0.25, 0.3) is 11.5 Å². The summed E-state index contributed by atoms with van der Waals surface area (Å²) in [5, 5.41) is 2.78. The first-order valence-electron chi connectivity index (χ1n) is 7.98. The van der Waals surface area contributed by atoms with E-state index in [2.05, 4.69) is 34.0 Å². The van der Waals surface area contributed by atoms with Crippen LogP contribution in [-0.4, -0.2) is 51.5 Å². The van der Waals surface area contributed by atoms with Crippen molar-refractivity contribution in [3.8, 4) is 0 Å². The summed E-state index contributed by atoms with van der Waals surface area (Å²) in [4.78, 5) is 35.3. The lowest BCUT2D eigenvalue weighted by molar-refractivity contribution is 0.0942.